The predicted octanol–water partition coefficient (Wildman–Crippen LogP) is 5.53. The Morgan fingerprint density at radius 3 is 2.62 bits per heavy atom. The Morgan fingerprint density at radius 1 is 1.14 bits per heavy atom. The number of amides is 2. The Kier molecular flexibility index (Phi) is 10.8. The molecule has 1 aliphatic rings. The van der Waals surface area contributed by atoms with E-state index in [0.29, 0.717) is 62.0 Å². The van der Waals surface area contributed by atoms with Gasteiger partial charge >= 0.3 is 6.09 Å². The van der Waals surface area contributed by atoms with Crippen molar-refractivity contribution in [1.82, 2.24) is 10.2 Å². The van der Waals surface area contributed by atoms with Crippen molar-refractivity contribution in [3.05, 3.63) is 88.4 Å². The SMILES string of the molecule is COC(=O)NCCCC(O)(c1cccc(Cl)c1-c1cccc(C)c1)C1CCCN(C(=O)c2ccc(OCCN)cc2)C1. The Labute approximate surface area is 252 Å². The molecule has 3 aromatic carbocycles. The fourth-order valence-corrected chi connectivity index (χ4v) is 6.05. The number of nitrogens with one attached hydrogen (secondary N) is 1. The summed E-state index contributed by atoms with van der Waals surface area (Å²) in [6.45, 7) is 4.15. The van der Waals surface area contributed by atoms with Gasteiger partial charge in [0.2, 0.25) is 0 Å². The number of nitrogens with zero attached hydrogens (tertiary/aromatic N) is 1. The van der Waals surface area contributed by atoms with Crippen molar-refractivity contribution in [2.24, 2.45) is 11.7 Å². The van der Waals surface area contributed by atoms with Crippen molar-refractivity contribution < 1.29 is 24.2 Å². The second-order valence-electron chi connectivity index (χ2n) is 10.7. The quantitative estimate of drug-likeness (QED) is 0.252. The van der Waals surface area contributed by atoms with Crippen molar-refractivity contribution in [2.75, 3.05) is 39.9 Å². The highest BCUT2D eigenvalue weighted by atomic mass is 35.5. The number of halogens is 1. The Morgan fingerprint density at radius 2 is 1.90 bits per heavy atom. The van der Waals surface area contributed by atoms with Crippen LogP contribution in [-0.4, -0.2) is 61.9 Å². The van der Waals surface area contributed by atoms with Gasteiger partial charge in [-0.3, -0.25) is 4.79 Å². The zero-order chi connectivity index (χ0) is 30.1. The topological polar surface area (TPSA) is 114 Å². The molecule has 9 heteroatoms. The van der Waals surface area contributed by atoms with E-state index in [1.54, 1.807) is 24.3 Å². The number of carbonyl (C=O) groups excluding carboxylic acids is 2. The minimum atomic E-state index is -1.32. The lowest BCUT2D eigenvalue weighted by Gasteiger charge is -2.44. The van der Waals surface area contributed by atoms with Crippen LogP contribution in [0.2, 0.25) is 5.02 Å². The molecule has 1 fully saturated rings. The molecule has 4 rings (SSSR count). The molecule has 1 aliphatic heterocycles. The van der Waals surface area contributed by atoms with Gasteiger partial charge in [0.1, 0.15) is 12.4 Å². The summed E-state index contributed by atoms with van der Waals surface area (Å²) in [5.41, 5.74) is 8.26. The maximum atomic E-state index is 13.6. The third-order valence-corrected chi connectivity index (χ3v) is 8.16. The maximum absolute atomic E-state index is 13.6. The van der Waals surface area contributed by atoms with Crippen LogP contribution < -0.4 is 15.8 Å². The number of alkyl carbamates (subject to hydrolysis) is 1. The molecular formula is C33H40ClN3O5. The van der Waals surface area contributed by atoms with Crippen LogP contribution in [0.15, 0.2) is 66.7 Å². The van der Waals surface area contributed by atoms with E-state index in [4.69, 9.17) is 26.8 Å². The first-order valence-corrected chi connectivity index (χ1v) is 14.8. The first-order valence-electron chi connectivity index (χ1n) is 14.4. The van der Waals surface area contributed by atoms with Gasteiger partial charge in [0, 0.05) is 48.2 Å². The molecule has 42 heavy (non-hydrogen) atoms. The third kappa shape index (κ3) is 7.43. The minimum absolute atomic E-state index is 0.0928. The van der Waals surface area contributed by atoms with Gasteiger partial charge in [-0.2, -0.15) is 0 Å². The van der Waals surface area contributed by atoms with Gasteiger partial charge in [-0.25, -0.2) is 4.79 Å². The number of carbonyl (C=O) groups is 2. The number of ether oxygens (including phenoxy) is 2. The molecule has 0 aliphatic carbocycles. The highest BCUT2D eigenvalue weighted by Crippen LogP contribution is 2.45. The lowest BCUT2D eigenvalue weighted by atomic mass is 9.72. The van der Waals surface area contributed by atoms with Crippen molar-refractivity contribution in [1.29, 1.82) is 0 Å². The van der Waals surface area contributed by atoms with Crippen LogP contribution in [0, 0.1) is 12.8 Å². The molecule has 1 saturated heterocycles. The Balaban J connectivity index is 1.65. The molecule has 3 aromatic rings. The summed E-state index contributed by atoms with van der Waals surface area (Å²) in [6.07, 6.45) is 1.82. The number of aryl methyl sites for hydroxylation is 1. The third-order valence-electron chi connectivity index (χ3n) is 7.85. The molecule has 2 unspecified atom stereocenters. The lowest BCUT2D eigenvalue weighted by Crippen LogP contribution is -2.48. The van der Waals surface area contributed by atoms with Gasteiger partial charge in [-0.15, -0.1) is 0 Å². The second-order valence-corrected chi connectivity index (χ2v) is 11.1. The normalized spacial score (nSPS) is 16.4. The second kappa shape index (κ2) is 14.5. The Hall–Kier alpha value is -3.59. The van der Waals surface area contributed by atoms with Gasteiger partial charge in [-0.05, 0) is 74.1 Å². The summed E-state index contributed by atoms with van der Waals surface area (Å²) in [5, 5.41) is 15.9. The molecule has 8 nitrogen and oxygen atoms in total. The zero-order valence-corrected chi connectivity index (χ0v) is 25.0. The van der Waals surface area contributed by atoms with Crippen LogP contribution in [0.4, 0.5) is 4.79 Å². The minimum Gasteiger partial charge on any atom is -0.492 e. The number of hydrogen-bond acceptors (Lipinski definition) is 6. The number of benzene rings is 3. The molecule has 2 atom stereocenters. The van der Waals surface area contributed by atoms with Gasteiger partial charge < -0.3 is 30.5 Å². The zero-order valence-electron chi connectivity index (χ0n) is 24.3. The molecule has 0 spiro atoms. The molecule has 0 radical (unpaired) electrons. The van der Waals surface area contributed by atoms with Gasteiger partial charge in [0.05, 0.1) is 12.7 Å². The first-order chi connectivity index (χ1) is 20.3. The molecule has 2 amide bonds. The summed E-state index contributed by atoms with van der Waals surface area (Å²) in [7, 11) is 1.32. The molecule has 0 bridgehead atoms. The Bertz CT molecular complexity index is 1370. The molecule has 224 valence electrons. The lowest BCUT2D eigenvalue weighted by molar-refractivity contribution is -0.0563. The average molecular weight is 594 g/mol. The van der Waals surface area contributed by atoms with Crippen LogP contribution >= 0.6 is 11.6 Å². The summed E-state index contributed by atoms with van der Waals surface area (Å²) >= 11 is 6.82. The monoisotopic (exact) mass is 593 g/mol. The number of aliphatic hydroxyl groups is 1. The standard InChI is InChI=1S/C33H40ClN3O5/c1-23-7-3-8-25(21-23)30-28(10-4-11-29(30)34)33(40,16-6-18-36-32(39)41-2)26-9-5-19-37(22-26)31(38)24-12-14-27(15-13-24)42-20-17-35/h3-4,7-8,10-15,21,26,40H,5-6,9,16-20,22,35H2,1-2H3,(H,36,39). The van der Waals surface area contributed by atoms with Crippen LogP contribution in [0.25, 0.3) is 11.1 Å². The summed E-state index contributed by atoms with van der Waals surface area (Å²) < 4.78 is 10.3. The fraction of sp³-hybridized carbons (Fsp3) is 0.394. The summed E-state index contributed by atoms with van der Waals surface area (Å²) in [5.74, 6) is 0.306. The van der Waals surface area contributed by atoms with Crippen molar-refractivity contribution in [3.8, 4) is 16.9 Å². The first kappa shape index (κ1) is 31.3. The van der Waals surface area contributed by atoms with E-state index < -0.39 is 11.7 Å². The van der Waals surface area contributed by atoms with Crippen LogP contribution in [-0.2, 0) is 10.3 Å². The van der Waals surface area contributed by atoms with E-state index in [0.717, 1.165) is 35.1 Å². The van der Waals surface area contributed by atoms with E-state index in [-0.39, 0.29) is 11.8 Å². The van der Waals surface area contributed by atoms with E-state index in [9.17, 15) is 14.7 Å². The number of rotatable bonds is 11. The molecule has 4 N–H and O–H groups in total. The maximum Gasteiger partial charge on any atom is 0.406 e. The highest BCUT2D eigenvalue weighted by Gasteiger charge is 2.43. The van der Waals surface area contributed by atoms with Crippen molar-refractivity contribution in [3.63, 3.8) is 0 Å². The van der Waals surface area contributed by atoms with Gasteiger partial charge in [-0.1, -0.05) is 53.6 Å². The number of nitrogens with two attached hydrogens (primary N) is 1. The van der Waals surface area contributed by atoms with Gasteiger partial charge in [0.15, 0.2) is 0 Å². The number of piperidine rings is 1. The fourth-order valence-electron chi connectivity index (χ4n) is 5.76. The molecule has 0 saturated carbocycles. The molecule has 0 aromatic heterocycles. The largest absolute Gasteiger partial charge is 0.492 e. The molecular weight excluding hydrogens is 554 g/mol. The number of hydrogen-bond donors (Lipinski definition) is 3. The number of methoxy groups -OCH3 is 1. The average Bonchev–Trinajstić information content (AvgIpc) is 3.01. The summed E-state index contributed by atoms with van der Waals surface area (Å²) in [4.78, 5) is 27.1. The predicted molar refractivity (Wildman–Crippen MR) is 165 cm³/mol. The van der Waals surface area contributed by atoms with E-state index >= 15 is 0 Å². The van der Waals surface area contributed by atoms with Crippen molar-refractivity contribution >= 4 is 23.6 Å². The van der Waals surface area contributed by atoms with E-state index in [2.05, 4.69) is 11.4 Å². The van der Waals surface area contributed by atoms with Crippen LogP contribution in [0.3, 0.4) is 0 Å². The van der Waals surface area contributed by atoms with E-state index in [1.165, 1.54) is 7.11 Å². The van der Waals surface area contributed by atoms with Crippen LogP contribution in [0.1, 0.15) is 47.2 Å². The number of likely N-dealkylation sites (tertiary alicyclic amines) is 1. The van der Waals surface area contributed by atoms with E-state index in [1.807, 2.05) is 48.2 Å². The van der Waals surface area contributed by atoms with Gasteiger partial charge in [0.25, 0.3) is 5.91 Å². The highest BCUT2D eigenvalue weighted by molar-refractivity contribution is 6.33. The van der Waals surface area contributed by atoms with Crippen LogP contribution in [0.5, 0.6) is 5.75 Å². The summed E-state index contributed by atoms with van der Waals surface area (Å²) in [6, 6.07) is 20.7. The van der Waals surface area contributed by atoms with Crippen molar-refractivity contribution in [2.45, 2.75) is 38.2 Å². The molecule has 1 heterocycles. The smallest absolute Gasteiger partial charge is 0.406 e.